The van der Waals surface area contributed by atoms with E-state index in [4.69, 9.17) is 0 Å². The number of benzene rings is 2. The molecule has 0 aliphatic carbocycles. The van der Waals surface area contributed by atoms with Crippen molar-refractivity contribution >= 4 is 21.8 Å². The van der Waals surface area contributed by atoms with Gasteiger partial charge in [0.15, 0.2) is 0 Å². The lowest BCUT2D eigenvalue weighted by Crippen LogP contribution is -2.26. The molecule has 0 saturated carbocycles. The Bertz CT molecular complexity index is 619. The summed E-state index contributed by atoms with van der Waals surface area (Å²) in [6.07, 6.45) is 0. The topological polar surface area (TPSA) is 20.3 Å². The summed E-state index contributed by atoms with van der Waals surface area (Å²) in [6, 6.07) is 16.0. The van der Waals surface area contributed by atoms with Gasteiger partial charge in [0, 0.05) is 18.1 Å². The number of carbonyl (C=O) groups excluding carboxylic acids is 1. The summed E-state index contributed by atoms with van der Waals surface area (Å²) in [6.45, 7) is 4.97. The minimum Gasteiger partial charge on any atom is -0.337 e. The highest BCUT2D eigenvalue weighted by molar-refractivity contribution is 9.10. The van der Waals surface area contributed by atoms with Crippen LogP contribution in [-0.4, -0.2) is 17.9 Å². The van der Waals surface area contributed by atoms with Crippen molar-refractivity contribution in [1.82, 2.24) is 4.90 Å². The Hall–Kier alpha value is -1.61. The normalized spacial score (nSPS) is 10.7. The molecule has 0 atom stereocenters. The number of rotatable bonds is 4. The zero-order chi connectivity index (χ0) is 15.4. The smallest absolute Gasteiger partial charge is 0.255 e. The van der Waals surface area contributed by atoms with Crippen LogP contribution in [-0.2, 0) is 6.54 Å². The summed E-state index contributed by atoms with van der Waals surface area (Å²) in [7, 11) is 1.83. The first kappa shape index (κ1) is 15.8. The van der Waals surface area contributed by atoms with Crippen molar-refractivity contribution in [3.63, 3.8) is 0 Å². The first-order valence-corrected chi connectivity index (χ1v) is 7.87. The molecule has 0 N–H and O–H groups in total. The summed E-state index contributed by atoms with van der Waals surface area (Å²) in [5.41, 5.74) is 3.15. The van der Waals surface area contributed by atoms with Crippen molar-refractivity contribution in [2.24, 2.45) is 0 Å². The average molecular weight is 346 g/mol. The number of nitrogens with zero attached hydrogens (tertiary/aromatic N) is 1. The number of amides is 1. The predicted molar refractivity (Wildman–Crippen MR) is 90.5 cm³/mol. The summed E-state index contributed by atoms with van der Waals surface area (Å²) in [4.78, 5) is 14.2. The van der Waals surface area contributed by atoms with E-state index in [9.17, 15) is 4.79 Å². The van der Waals surface area contributed by atoms with Crippen molar-refractivity contribution in [2.45, 2.75) is 26.3 Å². The van der Waals surface area contributed by atoms with Crippen LogP contribution in [0.25, 0.3) is 0 Å². The first-order valence-electron chi connectivity index (χ1n) is 7.08. The number of halogens is 1. The number of hydrogen-bond donors (Lipinski definition) is 0. The molecular weight excluding hydrogens is 326 g/mol. The largest absolute Gasteiger partial charge is 0.337 e. The maximum absolute atomic E-state index is 12.4. The molecule has 1 amide bonds. The summed E-state index contributed by atoms with van der Waals surface area (Å²) >= 11 is 3.43. The van der Waals surface area contributed by atoms with Crippen LogP contribution in [0.2, 0.25) is 0 Å². The molecule has 2 rings (SSSR count). The first-order chi connectivity index (χ1) is 9.99. The molecule has 0 radical (unpaired) electrons. The van der Waals surface area contributed by atoms with Gasteiger partial charge in [-0.25, -0.2) is 0 Å². The average Bonchev–Trinajstić information content (AvgIpc) is 2.47. The third kappa shape index (κ3) is 3.94. The monoisotopic (exact) mass is 345 g/mol. The molecule has 21 heavy (non-hydrogen) atoms. The standard InChI is InChI=1S/C18H20BrNO/c1-13(2)15-10-8-14(9-11-15)12-20(3)18(21)16-6-4-5-7-17(16)19/h4-11,13H,12H2,1-3H3. The van der Waals surface area contributed by atoms with E-state index in [-0.39, 0.29) is 5.91 Å². The number of hydrogen-bond acceptors (Lipinski definition) is 1. The van der Waals surface area contributed by atoms with Gasteiger partial charge < -0.3 is 4.90 Å². The van der Waals surface area contributed by atoms with Gasteiger partial charge in [0.2, 0.25) is 0 Å². The molecule has 0 unspecified atom stereocenters. The second-order valence-corrected chi connectivity index (χ2v) is 6.39. The van der Waals surface area contributed by atoms with Gasteiger partial charge in [-0.1, -0.05) is 50.2 Å². The summed E-state index contributed by atoms with van der Waals surface area (Å²) in [5.74, 6) is 0.550. The molecule has 2 aromatic rings. The highest BCUT2D eigenvalue weighted by Gasteiger charge is 2.14. The van der Waals surface area contributed by atoms with Gasteiger partial charge >= 0.3 is 0 Å². The van der Waals surface area contributed by atoms with E-state index in [0.717, 1.165) is 10.0 Å². The zero-order valence-corrected chi connectivity index (χ0v) is 14.2. The fourth-order valence-electron chi connectivity index (χ4n) is 2.19. The highest BCUT2D eigenvalue weighted by atomic mass is 79.9. The van der Waals surface area contributed by atoms with E-state index < -0.39 is 0 Å². The van der Waals surface area contributed by atoms with Crippen LogP contribution < -0.4 is 0 Å². The molecule has 3 heteroatoms. The Morgan fingerprint density at radius 1 is 1.10 bits per heavy atom. The van der Waals surface area contributed by atoms with Crippen molar-refractivity contribution in [2.75, 3.05) is 7.05 Å². The van der Waals surface area contributed by atoms with Crippen LogP contribution >= 0.6 is 15.9 Å². The van der Waals surface area contributed by atoms with Crippen molar-refractivity contribution in [1.29, 1.82) is 0 Å². The van der Waals surface area contributed by atoms with Crippen molar-refractivity contribution in [3.05, 3.63) is 69.7 Å². The van der Waals surface area contributed by atoms with Crippen LogP contribution in [0.15, 0.2) is 53.0 Å². The maximum atomic E-state index is 12.4. The lowest BCUT2D eigenvalue weighted by molar-refractivity contribution is 0.0784. The third-order valence-corrected chi connectivity index (χ3v) is 4.21. The van der Waals surface area contributed by atoms with E-state index >= 15 is 0 Å². The lowest BCUT2D eigenvalue weighted by atomic mass is 10.0. The summed E-state index contributed by atoms with van der Waals surface area (Å²) < 4.78 is 0.831. The quantitative estimate of drug-likeness (QED) is 0.775. The second-order valence-electron chi connectivity index (χ2n) is 5.54. The molecular formula is C18H20BrNO. The number of carbonyl (C=O) groups is 1. The maximum Gasteiger partial charge on any atom is 0.255 e. The molecule has 110 valence electrons. The molecule has 0 saturated heterocycles. The van der Waals surface area contributed by atoms with E-state index in [1.807, 2.05) is 31.3 Å². The highest BCUT2D eigenvalue weighted by Crippen LogP contribution is 2.19. The Kier molecular flexibility index (Phi) is 5.18. The lowest BCUT2D eigenvalue weighted by Gasteiger charge is -2.18. The predicted octanol–water partition coefficient (Wildman–Crippen LogP) is 4.84. The molecule has 0 aliphatic heterocycles. The van der Waals surface area contributed by atoms with Crippen LogP contribution in [0.1, 0.15) is 41.3 Å². The molecule has 0 aromatic heterocycles. The van der Waals surface area contributed by atoms with E-state index in [2.05, 4.69) is 54.0 Å². The minimum atomic E-state index is 0.0235. The van der Waals surface area contributed by atoms with Gasteiger partial charge in [-0.05, 0) is 45.1 Å². The van der Waals surface area contributed by atoms with Gasteiger partial charge in [-0.3, -0.25) is 4.79 Å². The van der Waals surface area contributed by atoms with Crippen LogP contribution in [0, 0.1) is 0 Å². The Morgan fingerprint density at radius 2 is 1.71 bits per heavy atom. The van der Waals surface area contributed by atoms with Gasteiger partial charge in [-0.2, -0.15) is 0 Å². The van der Waals surface area contributed by atoms with Crippen molar-refractivity contribution < 1.29 is 4.79 Å². The molecule has 0 aliphatic rings. The third-order valence-electron chi connectivity index (χ3n) is 3.52. The van der Waals surface area contributed by atoms with Gasteiger partial charge in [0.25, 0.3) is 5.91 Å². The second kappa shape index (κ2) is 6.90. The van der Waals surface area contributed by atoms with E-state index in [1.165, 1.54) is 5.56 Å². The minimum absolute atomic E-state index is 0.0235. The SMILES string of the molecule is CC(C)c1ccc(CN(C)C(=O)c2ccccc2Br)cc1. The molecule has 0 fully saturated rings. The Labute approximate surface area is 134 Å². The molecule has 0 bridgehead atoms. The molecule has 2 aromatic carbocycles. The van der Waals surface area contributed by atoms with Crippen LogP contribution in [0.4, 0.5) is 0 Å². The molecule has 0 spiro atoms. The zero-order valence-electron chi connectivity index (χ0n) is 12.6. The van der Waals surface area contributed by atoms with Crippen molar-refractivity contribution in [3.8, 4) is 0 Å². The van der Waals surface area contributed by atoms with Crippen LogP contribution in [0.3, 0.4) is 0 Å². The van der Waals surface area contributed by atoms with Gasteiger partial charge in [0.1, 0.15) is 0 Å². The summed E-state index contributed by atoms with van der Waals surface area (Å²) in [5, 5.41) is 0. The Morgan fingerprint density at radius 3 is 2.29 bits per heavy atom. The fraction of sp³-hybridized carbons (Fsp3) is 0.278. The van der Waals surface area contributed by atoms with E-state index in [1.54, 1.807) is 4.90 Å². The van der Waals surface area contributed by atoms with Gasteiger partial charge in [0.05, 0.1) is 5.56 Å². The molecule has 2 nitrogen and oxygen atoms in total. The fourth-order valence-corrected chi connectivity index (χ4v) is 2.65. The van der Waals surface area contributed by atoms with Gasteiger partial charge in [-0.15, -0.1) is 0 Å². The van der Waals surface area contributed by atoms with Crippen LogP contribution in [0.5, 0.6) is 0 Å². The Balaban J connectivity index is 2.09. The van der Waals surface area contributed by atoms with E-state index in [0.29, 0.717) is 18.0 Å². The molecule has 0 heterocycles.